The van der Waals surface area contributed by atoms with Gasteiger partial charge in [-0.3, -0.25) is 0 Å². The van der Waals surface area contributed by atoms with Gasteiger partial charge in [-0.2, -0.15) is 0 Å². The molecule has 0 N–H and O–H groups in total. The van der Waals surface area contributed by atoms with Crippen molar-refractivity contribution in [3.8, 4) is 11.3 Å². The summed E-state index contributed by atoms with van der Waals surface area (Å²) in [6.07, 6.45) is 3.64. The topological polar surface area (TPSA) is 61.1 Å². The highest BCUT2D eigenvalue weighted by atomic mass is 19.1. The summed E-state index contributed by atoms with van der Waals surface area (Å²) in [6, 6.07) is 6.34. The Morgan fingerprint density at radius 2 is 1.65 bits per heavy atom. The summed E-state index contributed by atoms with van der Waals surface area (Å²) < 4.78 is 33.9. The van der Waals surface area contributed by atoms with E-state index < -0.39 is 18.3 Å². The number of aromatic nitrogens is 3. The molecule has 0 aliphatic carbocycles. The first-order valence-corrected chi connectivity index (χ1v) is 10.6. The van der Waals surface area contributed by atoms with Crippen LogP contribution in [-0.4, -0.2) is 59.0 Å². The van der Waals surface area contributed by atoms with Gasteiger partial charge in [0.25, 0.3) is 0 Å². The number of rotatable bonds is 3. The van der Waals surface area contributed by atoms with Crippen LogP contribution in [0.3, 0.4) is 0 Å². The van der Waals surface area contributed by atoms with Crippen LogP contribution in [0.2, 0.25) is 0 Å². The first kappa shape index (κ1) is 20.4. The van der Waals surface area contributed by atoms with E-state index in [9.17, 15) is 4.39 Å². The first-order valence-electron chi connectivity index (χ1n) is 10.6. The zero-order valence-corrected chi connectivity index (χ0v) is 18.3. The van der Waals surface area contributed by atoms with Gasteiger partial charge in [0, 0.05) is 31.0 Å². The minimum atomic E-state index is -0.625. The van der Waals surface area contributed by atoms with Gasteiger partial charge in [0.2, 0.25) is 0 Å². The number of imidazole rings is 1. The van der Waals surface area contributed by atoms with Gasteiger partial charge >= 0.3 is 7.12 Å². The average molecular weight is 424 g/mol. The summed E-state index contributed by atoms with van der Waals surface area (Å²) in [5, 5.41) is 0. The van der Waals surface area contributed by atoms with Gasteiger partial charge in [-0.25, -0.2) is 14.4 Å². The Bertz CT molecular complexity index is 1090. The fourth-order valence-electron chi connectivity index (χ4n) is 3.98. The van der Waals surface area contributed by atoms with Crippen molar-refractivity contribution in [3.63, 3.8) is 0 Å². The largest absolute Gasteiger partial charge is 0.515 e. The molecule has 3 aromatic rings. The van der Waals surface area contributed by atoms with Gasteiger partial charge in [-0.1, -0.05) is 0 Å². The van der Waals surface area contributed by atoms with Crippen LogP contribution >= 0.6 is 0 Å². The Morgan fingerprint density at radius 3 is 2.29 bits per heavy atom. The van der Waals surface area contributed by atoms with E-state index in [1.165, 1.54) is 12.1 Å². The molecule has 0 saturated carbocycles. The van der Waals surface area contributed by atoms with E-state index >= 15 is 0 Å². The number of benzene rings is 1. The number of hydrogen-bond donors (Lipinski definition) is 0. The van der Waals surface area contributed by atoms with Gasteiger partial charge in [0.1, 0.15) is 5.82 Å². The smallest absolute Gasteiger partial charge is 0.398 e. The Labute approximate surface area is 181 Å². The van der Waals surface area contributed by atoms with Crippen LogP contribution in [0.5, 0.6) is 0 Å². The van der Waals surface area contributed by atoms with Crippen molar-refractivity contribution >= 4 is 24.2 Å². The fourth-order valence-corrected chi connectivity index (χ4v) is 3.98. The van der Waals surface area contributed by atoms with Crippen molar-refractivity contribution < 1.29 is 18.4 Å². The zero-order chi connectivity index (χ0) is 21.8. The quantitative estimate of drug-likeness (QED) is 0.603. The number of ether oxygens (including phenoxy) is 1. The molecule has 0 amide bonds. The van der Waals surface area contributed by atoms with Crippen LogP contribution in [0.1, 0.15) is 27.7 Å². The lowest BCUT2D eigenvalue weighted by atomic mass is 9.81. The number of morpholine rings is 1. The van der Waals surface area contributed by atoms with Crippen molar-refractivity contribution in [1.82, 2.24) is 14.4 Å². The van der Waals surface area contributed by atoms with E-state index in [2.05, 4.69) is 9.88 Å². The third kappa shape index (κ3) is 3.41. The van der Waals surface area contributed by atoms with E-state index in [4.69, 9.17) is 19.0 Å². The fraction of sp³-hybridized carbons (Fsp3) is 0.455. The molecule has 7 nitrogen and oxygen atoms in total. The van der Waals surface area contributed by atoms with Gasteiger partial charge in [-0.15, -0.1) is 0 Å². The second-order valence-electron chi connectivity index (χ2n) is 8.98. The number of nitrogens with zero attached hydrogens (tertiary/aromatic N) is 4. The van der Waals surface area contributed by atoms with E-state index in [1.807, 2.05) is 38.3 Å². The maximum atomic E-state index is 13.6. The number of anilines is 1. The minimum absolute atomic E-state index is 0.291. The number of hydrogen-bond acceptors (Lipinski definition) is 6. The standard InChI is InChI=1S/C22H26BFN4O3/c1-21(2)22(3,4)31-23(30-21)18-17(15-5-7-16(24)8-6-15)26-20-19(25-9-10-28(18)20)27-11-13-29-14-12-27/h5-10H,11-14H2,1-4H3. The molecule has 5 rings (SSSR count). The second-order valence-corrected chi connectivity index (χ2v) is 8.98. The van der Waals surface area contributed by atoms with Gasteiger partial charge in [-0.05, 0) is 52.0 Å². The van der Waals surface area contributed by atoms with Crippen molar-refractivity contribution in [1.29, 1.82) is 0 Å². The van der Waals surface area contributed by atoms with Crippen molar-refractivity contribution in [2.45, 2.75) is 38.9 Å². The molecule has 4 heterocycles. The average Bonchev–Trinajstić information content (AvgIpc) is 3.23. The van der Waals surface area contributed by atoms with E-state index in [-0.39, 0.29) is 5.82 Å². The number of halogens is 1. The predicted molar refractivity (Wildman–Crippen MR) is 117 cm³/mol. The molecule has 2 aliphatic rings. The Balaban J connectivity index is 1.70. The Morgan fingerprint density at radius 1 is 1.00 bits per heavy atom. The SMILES string of the molecule is CC1(C)OB(c2c(-c3ccc(F)cc3)nc3c(N4CCOCC4)nccn23)OC1(C)C. The van der Waals surface area contributed by atoms with Crippen LogP contribution < -0.4 is 10.5 Å². The highest BCUT2D eigenvalue weighted by Crippen LogP contribution is 2.37. The molecule has 0 atom stereocenters. The summed E-state index contributed by atoms with van der Waals surface area (Å²) in [4.78, 5) is 11.8. The lowest BCUT2D eigenvalue weighted by molar-refractivity contribution is 0.00578. The normalized spacial score (nSPS) is 20.5. The molecule has 2 aromatic heterocycles. The molecule has 0 spiro atoms. The molecule has 9 heteroatoms. The molecule has 2 fully saturated rings. The third-order valence-corrected chi connectivity index (χ3v) is 6.47. The van der Waals surface area contributed by atoms with Gasteiger partial charge < -0.3 is 23.3 Å². The van der Waals surface area contributed by atoms with Crippen molar-refractivity contribution in [3.05, 3.63) is 42.5 Å². The van der Waals surface area contributed by atoms with E-state index in [1.54, 1.807) is 18.3 Å². The Hall–Kier alpha value is -2.49. The molecular weight excluding hydrogens is 398 g/mol. The zero-order valence-electron chi connectivity index (χ0n) is 18.3. The lowest BCUT2D eigenvalue weighted by Gasteiger charge is -2.32. The van der Waals surface area contributed by atoms with Crippen LogP contribution in [0, 0.1) is 5.82 Å². The summed E-state index contributed by atoms with van der Waals surface area (Å²) in [5.41, 5.74) is 1.98. The van der Waals surface area contributed by atoms with Crippen LogP contribution in [-0.2, 0) is 14.0 Å². The van der Waals surface area contributed by atoms with E-state index in [0.717, 1.165) is 30.1 Å². The number of fused-ring (bicyclic) bond motifs is 1. The van der Waals surface area contributed by atoms with Crippen LogP contribution in [0.25, 0.3) is 16.9 Å². The summed E-state index contributed by atoms with van der Waals surface area (Å²) in [5.74, 6) is 0.497. The van der Waals surface area contributed by atoms with Crippen molar-refractivity contribution in [2.24, 2.45) is 0 Å². The molecule has 2 aliphatic heterocycles. The van der Waals surface area contributed by atoms with E-state index in [0.29, 0.717) is 24.6 Å². The maximum Gasteiger partial charge on any atom is 0.515 e. The summed E-state index contributed by atoms with van der Waals surface area (Å²) in [7, 11) is -0.625. The van der Waals surface area contributed by atoms with Crippen molar-refractivity contribution in [2.75, 3.05) is 31.2 Å². The predicted octanol–water partition coefficient (Wildman–Crippen LogP) is 2.67. The van der Waals surface area contributed by atoms with Crippen LogP contribution in [0.4, 0.5) is 10.2 Å². The molecule has 31 heavy (non-hydrogen) atoms. The Kier molecular flexibility index (Phi) is 4.80. The molecule has 1 aromatic carbocycles. The molecule has 0 radical (unpaired) electrons. The van der Waals surface area contributed by atoms with Gasteiger partial charge in [0.05, 0.1) is 35.7 Å². The third-order valence-electron chi connectivity index (χ3n) is 6.47. The lowest BCUT2D eigenvalue weighted by Crippen LogP contribution is -2.41. The maximum absolute atomic E-state index is 13.6. The van der Waals surface area contributed by atoms with Gasteiger partial charge in [0.15, 0.2) is 11.5 Å². The molecular formula is C22H26BFN4O3. The molecule has 0 bridgehead atoms. The highest BCUT2D eigenvalue weighted by Gasteiger charge is 2.53. The molecule has 2 saturated heterocycles. The summed E-state index contributed by atoms with van der Waals surface area (Å²) in [6.45, 7) is 10.9. The first-order chi connectivity index (χ1) is 14.8. The minimum Gasteiger partial charge on any atom is -0.398 e. The van der Waals surface area contributed by atoms with Crippen LogP contribution in [0.15, 0.2) is 36.7 Å². The molecule has 162 valence electrons. The molecule has 0 unspecified atom stereocenters. The highest BCUT2D eigenvalue weighted by molar-refractivity contribution is 6.63. The monoisotopic (exact) mass is 424 g/mol. The second kappa shape index (κ2) is 7.29. The summed E-state index contributed by atoms with van der Waals surface area (Å²) >= 11 is 0.